The van der Waals surface area contributed by atoms with Crippen LogP contribution >= 0.6 is 0 Å². The summed E-state index contributed by atoms with van der Waals surface area (Å²) in [5.41, 5.74) is 1.15. The van der Waals surface area contributed by atoms with Crippen LogP contribution in [0, 0.1) is 0 Å². The van der Waals surface area contributed by atoms with Crippen molar-refractivity contribution in [3.05, 3.63) is 71.8 Å². The summed E-state index contributed by atoms with van der Waals surface area (Å²) >= 11 is 0. The summed E-state index contributed by atoms with van der Waals surface area (Å²) in [6, 6.07) is 16.8. The first kappa shape index (κ1) is 20.5. The van der Waals surface area contributed by atoms with Gasteiger partial charge in [-0.1, -0.05) is 48.5 Å². The van der Waals surface area contributed by atoms with Gasteiger partial charge in [0.25, 0.3) is 0 Å². The molecule has 158 valence electrons. The minimum Gasteiger partial charge on any atom is -0.453 e. The summed E-state index contributed by atoms with van der Waals surface area (Å²) in [5.74, 6) is -0.983. The molecule has 2 heterocycles. The maximum absolute atomic E-state index is 12.7. The van der Waals surface area contributed by atoms with Crippen LogP contribution in [0.15, 0.2) is 60.7 Å². The number of aliphatic hydroxyl groups excluding tert-OH is 1. The van der Waals surface area contributed by atoms with Crippen LogP contribution in [0.2, 0.25) is 0 Å². The number of aliphatic hydroxyl groups is 1. The Morgan fingerprint density at radius 2 is 1.70 bits per heavy atom. The Morgan fingerprint density at radius 1 is 1.03 bits per heavy atom. The third kappa shape index (κ3) is 4.36. The van der Waals surface area contributed by atoms with Gasteiger partial charge in [-0.25, -0.2) is 4.79 Å². The molecule has 30 heavy (non-hydrogen) atoms. The Bertz CT molecular complexity index is 876. The molecule has 4 rings (SSSR count). The summed E-state index contributed by atoms with van der Waals surface area (Å²) in [4.78, 5) is 24.5. The number of amides is 1. The number of rotatable bonds is 4. The van der Waals surface area contributed by atoms with Crippen molar-refractivity contribution < 1.29 is 33.6 Å². The van der Waals surface area contributed by atoms with Crippen LogP contribution in [0.4, 0.5) is 0 Å². The molecule has 0 unspecified atom stereocenters. The smallest absolute Gasteiger partial charge is 0.338 e. The van der Waals surface area contributed by atoms with Gasteiger partial charge in [0, 0.05) is 12.5 Å². The van der Waals surface area contributed by atoms with Crippen molar-refractivity contribution in [2.45, 2.75) is 43.9 Å². The van der Waals surface area contributed by atoms with Crippen LogP contribution in [0.3, 0.4) is 0 Å². The average Bonchev–Trinajstić information content (AvgIpc) is 2.77. The quantitative estimate of drug-likeness (QED) is 0.733. The molecule has 8 nitrogen and oxygen atoms in total. The van der Waals surface area contributed by atoms with E-state index in [0.717, 1.165) is 5.56 Å². The minimum absolute atomic E-state index is 0.132. The van der Waals surface area contributed by atoms with Crippen molar-refractivity contribution in [2.24, 2.45) is 0 Å². The lowest BCUT2D eigenvalue weighted by molar-refractivity contribution is -0.337. The van der Waals surface area contributed by atoms with Gasteiger partial charge in [-0.05, 0) is 12.1 Å². The Labute approximate surface area is 173 Å². The zero-order valence-corrected chi connectivity index (χ0v) is 16.3. The normalized spacial score (nSPS) is 30.7. The van der Waals surface area contributed by atoms with Crippen LogP contribution in [0.5, 0.6) is 0 Å². The average molecular weight is 413 g/mol. The maximum Gasteiger partial charge on any atom is 0.338 e. The Hall–Kier alpha value is -2.78. The fraction of sp³-hybridized carbons (Fsp3) is 0.364. The standard InChI is InChI=1S/C22H23NO7/c1-13(24)23-17-19(29-20(25)14-8-4-2-5-9-14)18-16(28-21(17)26)12-27-22(30-18)15-10-6-3-7-11-15/h2-11,16-19,21-22,26H,12H2,1H3,(H,23,24)/t16-,17-,18-,19-,21-,22-/m1/s1. The number of carbonyl (C=O) groups is 2. The number of hydrogen-bond donors (Lipinski definition) is 2. The Morgan fingerprint density at radius 3 is 2.37 bits per heavy atom. The number of esters is 1. The van der Waals surface area contributed by atoms with Crippen LogP contribution in [-0.2, 0) is 23.7 Å². The maximum atomic E-state index is 12.7. The van der Waals surface area contributed by atoms with Crippen molar-refractivity contribution in [1.82, 2.24) is 5.32 Å². The van der Waals surface area contributed by atoms with Crippen molar-refractivity contribution in [1.29, 1.82) is 0 Å². The second-order valence-electron chi connectivity index (χ2n) is 7.20. The molecule has 0 spiro atoms. The third-order valence-electron chi connectivity index (χ3n) is 5.05. The lowest BCUT2D eigenvalue weighted by atomic mass is 9.95. The highest BCUT2D eigenvalue weighted by Crippen LogP contribution is 2.35. The molecule has 1 amide bonds. The molecule has 0 aliphatic carbocycles. The van der Waals surface area contributed by atoms with E-state index in [1.807, 2.05) is 30.3 Å². The molecule has 2 saturated heterocycles. The first-order valence-electron chi connectivity index (χ1n) is 9.71. The Balaban J connectivity index is 1.61. The summed E-state index contributed by atoms with van der Waals surface area (Å²) in [7, 11) is 0. The first-order chi connectivity index (χ1) is 14.5. The van der Waals surface area contributed by atoms with Crippen LogP contribution in [0.25, 0.3) is 0 Å². The van der Waals surface area contributed by atoms with E-state index >= 15 is 0 Å². The van der Waals surface area contributed by atoms with Gasteiger partial charge in [0.2, 0.25) is 5.91 Å². The van der Waals surface area contributed by atoms with Crippen molar-refractivity contribution >= 4 is 11.9 Å². The van der Waals surface area contributed by atoms with Crippen molar-refractivity contribution in [3.63, 3.8) is 0 Å². The second-order valence-corrected chi connectivity index (χ2v) is 7.20. The van der Waals surface area contributed by atoms with Gasteiger partial charge in [0.1, 0.15) is 18.2 Å². The zero-order chi connectivity index (χ0) is 21.1. The lowest BCUT2D eigenvalue weighted by Crippen LogP contribution is -2.67. The van der Waals surface area contributed by atoms with Crippen LogP contribution in [-0.4, -0.2) is 54.2 Å². The molecule has 2 aromatic carbocycles. The third-order valence-corrected chi connectivity index (χ3v) is 5.05. The summed E-state index contributed by atoms with van der Waals surface area (Å²) in [6.45, 7) is 1.44. The van der Waals surface area contributed by atoms with E-state index in [4.69, 9.17) is 18.9 Å². The molecule has 0 bridgehead atoms. The molecule has 0 saturated carbocycles. The molecule has 0 aromatic heterocycles. The van der Waals surface area contributed by atoms with Crippen molar-refractivity contribution in [2.75, 3.05) is 6.61 Å². The van der Waals surface area contributed by atoms with Gasteiger partial charge in [0.05, 0.1) is 12.2 Å². The second kappa shape index (κ2) is 8.93. The molecule has 2 fully saturated rings. The van der Waals surface area contributed by atoms with E-state index in [9.17, 15) is 14.7 Å². The molecule has 2 aromatic rings. The van der Waals surface area contributed by atoms with E-state index in [0.29, 0.717) is 5.56 Å². The number of fused-ring (bicyclic) bond motifs is 1. The summed E-state index contributed by atoms with van der Waals surface area (Å²) < 4.78 is 23.2. The van der Waals surface area contributed by atoms with Crippen molar-refractivity contribution in [3.8, 4) is 0 Å². The molecular formula is C22H23NO7. The van der Waals surface area contributed by atoms with E-state index < -0.39 is 48.8 Å². The van der Waals surface area contributed by atoms with Gasteiger partial charge >= 0.3 is 5.97 Å². The largest absolute Gasteiger partial charge is 0.453 e. The first-order valence-corrected chi connectivity index (χ1v) is 9.71. The van der Waals surface area contributed by atoms with Gasteiger partial charge in [0.15, 0.2) is 18.7 Å². The molecular weight excluding hydrogens is 390 g/mol. The fourth-order valence-electron chi connectivity index (χ4n) is 3.66. The molecule has 6 atom stereocenters. The van der Waals surface area contributed by atoms with Crippen LogP contribution in [0.1, 0.15) is 29.1 Å². The van der Waals surface area contributed by atoms with Gasteiger partial charge in [-0.2, -0.15) is 0 Å². The summed E-state index contributed by atoms with van der Waals surface area (Å²) in [5, 5.41) is 13.1. The highest BCUT2D eigenvalue weighted by molar-refractivity contribution is 5.89. The SMILES string of the molecule is CC(=O)N[C@@H]1[C@@H](OC(=O)c2ccccc2)[C@@H]2O[C@H](c3ccccc3)OC[C@H]2O[C@H]1O. The molecule has 2 aliphatic rings. The number of nitrogens with one attached hydrogen (secondary N) is 1. The van der Waals surface area contributed by atoms with Gasteiger partial charge in [-0.3, -0.25) is 4.79 Å². The highest BCUT2D eigenvalue weighted by Gasteiger charge is 2.52. The van der Waals surface area contributed by atoms with Gasteiger partial charge in [-0.15, -0.1) is 0 Å². The lowest BCUT2D eigenvalue weighted by Gasteiger charge is -2.47. The number of ether oxygens (including phenoxy) is 4. The molecule has 0 radical (unpaired) electrons. The van der Waals surface area contributed by atoms with E-state index in [1.54, 1.807) is 30.3 Å². The summed E-state index contributed by atoms with van der Waals surface area (Å²) in [6.07, 6.45) is -4.48. The predicted molar refractivity (Wildman–Crippen MR) is 104 cm³/mol. The Kier molecular flexibility index (Phi) is 6.10. The van der Waals surface area contributed by atoms with E-state index in [-0.39, 0.29) is 6.61 Å². The molecule has 2 aliphatic heterocycles. The number of carbonyl (C=O) groups excluding carboxylic acids is 2. The molecule has 8 heteroatoms. The van der Waals surface area contributed by atoms with Gasteiger partial charge < -0.3 is 29.4 Å². The van der Waals surface area contributed by atoms with E-state index in [2.05, 4.69) is 5.32 Å². The van der Waals surface area contributed by atoms with Crippen LogP contribution < -0.4 is 5.32 Å². The topological polar surface area (TPSA) is 103 Å². The zero-order valence-electron chi connectivity index (χ0n) is 16.3. The fourth-order valence-corrected chi connectivity index (χ4v) is 3.66. The monoisotopic (exact) mass is 413 g/mol. The van der Waals surface area contributed by atoms with E-state index in [1.165, 1.54) is 6.92 Å². The highest BCUT2D eigenvalue weighted by atomic mass is 16.7. The predicted octanol–water partition coefficient (Wildman–Crippen LogP) is 1.55. The number of hydrogen-bond acceptors (Lipinski definition) is 7. The minimum atomic E-state index is -1.39. The number of benzene rings is 2. The molecule has 2 N–H and O–H groups in total.